The highest BCUT2D eigenvalue weighted by Gasteiger charge is 2.17. The largest absolute Gasteiger partial charge is 0.307 e. The molecule has 2 N–H and O–H groups in total. The van der Waals surface area contributed by atoms with E-state index in [0.29, 0.717) is 18.9 Å². The van der Waals surface area contributed by atoms with Gasteiger partial charge < -0.3 is 10.3 Å². The number of H-pyrrole nitrogens is 1. The molecule has 1 aliphatic heterocycles. The van der Waals surface area contributed by atoms with Crippen LogP contribution in [-0.4, -0.2) is 15.0 Å². The Morgan fingerprint density at radius 3 is 3.13 bits per heavy atom. The summed E-state index contributed by atoms with van der Waals surface area (Å²) in [7, 11) is 0. The van der Waals surface area contributed by atoms with Crippen molar-refractivity contribution in [3.05, 3.63) is 32.5 Å². The first kappa shape index (κ1) is 8.75. The molecule has 1 aliphatic rings. The molecule has 15 heavy (non-hydrogen) atoms. The van der Waals surface area contributed by atoms with E-state index in [0.717, 1.165) is 17.0 Å². The molecule has 0 aliphatic carbocycles. The van der Waals surface area contributed by atoms with Crippen molar-refractivity contribution >= 4 is 11.3 Å². The lowest BCUT2D eigenvalue weighted by Crippen LogP contribution is -2.15. The van der Waals surface area contributed by atoms with E-state index < -0.39 is 0 Å². The number of aromatic amines is 1. The van der Waals surface area contributed by atoms with Crippen molar-refractivity contribution in [1.82, 2.24) is 20.3 Å². The highest BCUT2D eigenvalue weighted by molar-refractivity contribution is 7.07. The number of nitrogens with one attached hydrogen (secondary N) is 2. The summed E-state index contributed by atoms with van der Waals surface area (Å²) < 4.78 is 0. The zero-order chi connectivity index (χ0) is 10.3. The van der Waals surface area contributed by atoms with Crippen LogP contribution in [0.25, 0.3) is 11.5 Å². The number of hydrogen-bond donors (Lipinski definition) is 2. The fraction of sp³-hybridized carbons (Fsp3) is 0.222. The van der Waals surface area contributed by atoms with Crippen LogP contribution in [0.4, 0.5) is 0 Å². The Labute approximate surface area is 89.2 Å². The van der Waals surface area contributed by atoms with Gasteiger partial charge in [0.1, 0.15) is 5.69 Å². The van der Waals surface area contributed by atoms with Gasteiger partial charge in [-0.15, -0.1) is 11.3 Å². The molecule has 0 bridgehead atoms. The van der Waals surface area contributed by atoms with E-state index in [1.807, 2.05) is 5.38 Å². The Hall–Kier alpha value is -1.53. The molecule has 6 heteroatoms. The van der Waals surface area contributed by atoms with Crippen molar-refractivity contribution in [1.29, 1.82) is 0 Å². The second kappa shape index (κ2) is 3.25. The van der Waals surface area contributed by atoms with Gasteiger partial charge in [-0.1, -0.05) is 0 Å². The summed E-state index contributed by atoms with van der Waals surface area (Å²) in [5.41, 5.74) is 3.97. The molecule has 76 valence electrons. The zero-order valence-electron chi connectivity index (χ0n) is 7.78. The van der Waals surface area contributed by atoms with Crippen LogP contribution < -0.4 is 10.9 Å². The average Bonchev–Trinajstić information content (AvgIpc) is 2.88. The summed E-state index contributed by atoms with van der Waals surface area (Å²) in [6.45, 7) is 1.27. The molecular formula is C9H8N4OS. The predicted octanol–water partition coefficient (Wildman–Crippen LogP) is 0.497. The third-order valence-corrected chi connectivity index (χ3v) is 2.96. The van der Waals surface area contributed by atoms with Crippen LogP contribution >= 0.6 is 11.3 Å². The Balaban J connectivity index is 2.20. The Kier molecular flexibility index (Phi) is 1.90. The minimum Gasteiger partial charge on any atom is -0.307 e. The second-order valence-corrected chi connectivity index (χ2v) is 4.04. The number of hydrogen-bond acceptors (Lipinski definition) is 5. The summed E-state index contributed by atoms with van der Waals surface area (Å²) in [6, 6.07) is 0. The van der Waals surface area contributed by atoms with Gasteiger partial charge in [-0.05, 0) is 0 Å². The Morgan fingerprint density at radius 2 is 2.33 bits per heavy atom. The summed E-state index contributed by atoms with van der Waals surface area (Å²) in [6.07, 6.45) is 0. The molecule has 0 spiro atoms. The van der Waals surface area contributed by atoms with Gasteiger partial charge in [-0.3, -0.25) is 4.79 Å². The van der Waals surface area contributed by atoms with Crippen molar-refractivity contribution in [2.24, 2.45) is 0 Å². The second-order valence-electron chi connectivity index (χ2n) is 3.32. The summed E-state index contributed by atoms with van der Waals surface area (Å²) in [4.78, 5) is 22.9. The van der Waals surface area contributed by atoms with Crippen molar-refractivity contribution in [2.45, 2.75) is 13.1 Å². The van der Waals surface area contributed by atoms with Crippen LogP contribution in [0.5, 0.6) is 0 Å². The van der Waals surface area contributed by atoms with Gasteiger partial charge >= 0.3 is 0 Å². The van der Waals surface area contributed by atoms with Crippen LogP contribution in [0.2, 0.25) is 0 Å². The van der Waals surface area contributed by atoms with E-state index in [1.54, 1.807) is 5.51 Å². The smallest absolute Gasteiger partial charge is 0.256 e. The first-order valence-electron chi connectivity index (χ1n) is 4.56. The van der Waals surface area contributed by atoms with Crippen molar-refractivity contribution in [3.8, 4) is 11.5 Å². The number of nitrogens with zero attached hydrogens (tertiary/aromatic N) is 2. The van der Waals surface area contributed by atoms with E-state index >= 15 is 0 Å². The van der Waals surface area contributed by atoms with E-state index in [4.69, 9.17) is 0 Å². The number of rotatable bonds is 1. The van der Waals surface area contributed by atoms with Gasteiger partial charge in [0.15, 0.2) is 5.82 Å². The predicted molar refractivity (Wildman–Crippen MR) is 56.5 cm³/mol. The highest BCUT2D eigenvalue weighted by Crippen LogP contribution is 2.16. The van der Waals surface area contributed by atoms with Crippen LogP contribution in [0.3, 0.4) is 0 Å². The molecule has 2 aromatic heterocycles. The molecule has 0 atom stereocenters. The van der Waals surface area contributed by atoms with Crippen molar-refractivity contribution in [2.75, 3.05) is 0 Å². The SMILES string of the molecule is O=c1[nH]c(-c2cscn2)nc2c1CNC2. The molecular weight excluding hydrogens is 212 g/mol. The lowest BCUT2D eigenvalue weighted by molar-refractivity contribution is 0.757. The Bertz CT molecular complexity index is 546. The van der Waals surface area contributed by atoms with Crippen LogP contribution in [0.15, 0.2) is 15.7 Å². The quantitative estimate of drug-likeness (QED) is 0.734. The van der Waals surface area contributed by atoms with Gasteiger partial charge in [0.05, 0.1) is 16.8 Å². The lowest BCUT2D eigenvalue weighted by Gasteiger charge is -1.99. The van der Waals surface area contributed by atoms with E-state index in [1.165, 1.54) is 11.3 Å². The lowest BCUT2D eigenvalue weighted by atomic mass is 10.2. The molecule has 2 aromatic rings. The van der Waals surface area contributed by atoms with Crippen LogP contribution in [0, 0.1) is 0 Å². The van der Waals surface area contributed by atoms with E-state index in [2.05, 4.69) is 20.3 Å². The first-order chi connectivity index (χ1) is 7.34. The highest BCUT2D eigenvalue weighted by atomic mass is 32.1. The molecule has 0 fully saturated rings. The molecule has 0 saturated heterocycles. The molecule has 0 aromatic carbocycles. The average molecular weight is 220 g/mol. The maximum absolute atomic E-state index is 11.7. The fourth-order valence-electron chi connectivity index (χ4n) is 1.63. The minimum atomic E-state index is -0.0620. The zero-order valence-corrected chi connectivity index (χ0v) is 8.60. The third-order valence-electron chi connectivity index (χ3n) is 2.37. The van der Waals surface area contributed by atoms with Gasteiger partial charge in [-0.25, -0.2) is 9.97 Å². The molecule has 3 heterocycles. The monoisotopic (exact) mass is 220 g/mol. The Morgan fingerprint density at radius 1 is 1.40 bits per heavy atom. The molecule has 3 rings (SSSR count). The summed E-state index contributed by atoms with van der Waals surface area (Å²) in [5, 5.41) is 4.97. The van der Waals surface area contributed by atoms with Crippen LogP contribution in [-0.2, 0) is 13.1 Å². The van der Waals surface area contributed by atoms with Crippen molar-refractivity contribution in [3.63, 3.8) is 0 Å². The molecule has 0 amide bonds. The topological polar surface area (TPSA) is 70.7 Å². The number of thiazole rings is 1. The molecule has 5 nitrogen and oxygen atoms in total. The normalized spacial score (nSPS) is 14.1. The van der Waals surface area contributed by atoms with Crippen LogP contribution in [0.1, 0.15) is 11.3 Å². The van der Waals surface area contributed by atoms with Gasteiger partial charge in [0, 0.05) is 18.5 Å². The fourth-order valence-corrected chi connectivity index (χ4v) is 2.17. The molecule has 0 saturated carbocycles. The number of aromatic nitrogens is 3. The maximum Gasteiger partial charge on any atom is 0.256 e. The number of fused-ring (bicyclic) bond motifs is 1. The minimum absolute atomic E-state index is 0.0620. The van der Waals surface area contributed by atoms with E-state index in [9.17, 15) is 4.79 Å². The molecule has 0 unspecified atom stereocenters. The molecule has 0 radical (unpaired) electrons. The third kappa shape index (κ3) is 1.38. The first-order valence-corrected chi connectivity index (χ1v) is 5.50. The maximum atomic E-state index is 11.7. The van der Waals surface area contributed by atoms with Crippen molar-refractivity contribution < 1.29 is 0 Å². The van der Waals surface area contributed by atoms with Gasteiger partial charge in [-0.2, -0.15) is 0 Å². The van der Waals surface area contributed by atoms with Gasteiger partial charge in [0.2, 0.25) is 0 Å². The standard InChI is InChI=1S/C9H8N4OS/c14-9-5-1-10-2-6(5)12-8(13-9)7-3-15-4-11-7/h3-4,10H,1-2H2,(H,12,13,14). The summed E-state index contributed by atoms with van der Waals surface area (Å²) >= 11 is 1.48. The van der Waals surface area contributed by atoms with E-state index in [-0.39, 0.29) is 5.56 Å². The van der Waals surface area contributed by atoms with Gasteiger partial charge in [0.25, 0.3) is 5.56 Å². The summed E-state index contributed by atoms with van der Waals surface area (Å²) in [5.74, 6) is 0.559.